The fraction of sp³-hybridized carbons (Fsp3) is 0.353. The van der Waals surface area contributed by atoms with Gasteiger partial charge in [0.15, 0.2) is 0 Å². The molecule has 1 aliphatic rings. The lowest BCUT2D eigenvalue weighted by Crippen LogP contribution is -2.48. The number of pyridine rings is 1. The predicted octanol–water partition coefficient (Wildman–Crippen LogP) is 0.470. The fourth-order valence-corrected chi connectivity index (χ4v) is 2.62. The number of carbonyl (C=O) groups is 2. The Balaban J connectivity index is 1.55. The van der Waals surface area contributed by atoms with Gasteiger partial charge >= 0.3 is 0 Å². The molecule has 0 unspecified atom stereocenters. The predicted molar refractivity (Wildman–Crippen MR) is 91.9 cm³/mol. The first-order valence-electron chi connectivity index (χ1n) is 8.14. The van der Waals surface area contributed by atoms with Crippen LogP contribution in [0.3, 0.4) is 0 Å². The van der Waals surface area contributed by atoms with Gasteiger partial charge in [0.1, 0.15) is 11.5 Å². The molecule has 130 valence electrons. The summed E-state index contributed by atoms with van der Waals surface area (Å²) in [4.78, 5) is 40.0. The molecule has 0 spiro atoms. The van der Waals surface area contributed by atoms with Crippen molar-refractivity contribution < 1.29 is 9.59 Å². The summed E-state index contributed by atoms with van der Waals surface area (Å²) >= 11 is 0. The molecule has 1 fully saturated rings. The Morgan fingerprint density at radius 1 is 1.08 bits per heavy atom. The second-order valence-corrected chi connectivity index (χ2v) is 5.76. The molecule has 0 bridgehead atoms. The van der Waals surface area contributed by atoms with Crippen molar-refractivity contribution in [1.82, 2.24) is 25.2 Å². The number of hydrogen-bond donors (Lipinski definition) is 1. The van der Waals surface area contributed by atoms with E-state index in [2.05, 4.69) is 25.2 Å². The van der Waals surface area contributed by atoms with Crippen LogP contribution in [0, 0.1) is 0 Å². The second kappa shape index (κ2) is 7.69. The summed E-state index contributed by atoms with van der Waals surface area (Å²) in [5.41, 5.74) is 1.05. The summed E-state index contributed by atoms with van der Waals surface area (Å²) in [6.45, 7) is 4.68. The third-order valence-corrected chi connectivity index (χ3v) is 4.08. The lowest BCUT2D eigenvalue weighted by atomic mass is 10.3. The minimum Gasteiger partial charge on any atom is -0.352 e. The van der Waals surface area contributed by atoms with Gasteiger partial charge in [0, 0.05) is 39.3 Å². The van der Waals surface area contributed by atoms with Crippen LogP contribution >= 0.6 is 0 Å². The Hall–Kier alpha value is -3.03. The van der Waals surface area contributed by atoms with E-state index in [4.69, 9.17) is 0 Å². The number of carbonyl (C=O) groups excluding carboxylic acids is 2. The summed E-state index contributed by atoms with van der Waals surface area (Å²) < 4.78 is 0. The zero-order valence-corrected chi connectivity index (χ0v) is 14.1. The number of piperazine rings is 1. The van der Waals surface area contributed by atoms with Gasteiger partial charge in [-0.2, -0.15) is 0 Å². The Morgan fingerprint density at radius 3 is 2.48 bits per heavy atom. The van der Waals surface area contributed by atoms with Gasteiger partial charge in [0.05, 0.1) is 24.6 Å². The van der Waals surface area contributed by atoms with E-state index in [9.17, 15) is 9.59 Å². The lowest BCUT2D eigenvalue weighted by Gasteiger charge is -2.34. The van der Waals surface area contributed by atoms with Crippen LogP contribution in [0.2, 0.25) is 0 Å². The van der Waals surface area contributed by atoms with Crippen molar-refractivity contribution in [1.29, 1.82) is 0 Å². The van der Waals surface area contributed by atoms with Crippen molar-refractivity contribution in [3.8, 4) is 0 Å². The van der Waals surface area contributed by atoms with Crippen LogP contribution in [0.4, 0.5) is 5.82 Å². The van der Waals surface area contributed by atoms with Gasteiger partial charge in [-0.25, -0.2) is 9.97 Å². The van der Waals surface area contributed by atoms with Crippen LogP contribution in [0.15, 0.2) is 36.8 Å². The van der Waals surface area contributed by atoms with Gasteiger partial charge < -0.3 is 15.1 Å². The van der Waals surface area contributed by atoms with Crippen LogP contribution < -0.4 is 10.2 Å². The minimum atomic E-state index is -0.286. The second-order valence-electron chi connectivity index (χ2n) is 5.76. The lowest BCUT2D eigenvalue weighted by molar-refractivity contribution is -0.129. The smallest absolute Gasteiger partial charge is 0.271 e. The summed E-state index contributed by atoms with van der Waals surface area (Å²) in [5, 5.41) is 2.77. The molecule has 3 rings (SSSR count). The number of anilines is 1. The van der Waals surface area contributed by atoms with Crippen molar-refractivity contribution in [3.05, 3.63) is 48.2 Å². The molecule has 0 aromatic carbocycles. The van der Waals surface area contributed by atoms with E-state index in [1.807, 2.05) is 23.1 Å². The number of nitrogens with one attached hydrogen (secondary N) is 1. The van der Waals surface area contributed by atoms with E-state index in [1.54, 1.807) is 19.3 Å². The van der Waals surface area contributed by atoms with Crippen molar-refractivity contribution >= 4 is 17.6 Å². The Labute approximate surface area is 145 Å². The molecule has 2 aromatic rings. The zero-order chi connectivity index (χ0) is 17.6. The van der Waals surface area contributed by atoms with Crippen molar-refractivity contribution in [2.45, 2.75) is 13.5 Å². The number of rotatable bonds is 4. The first kappa shape index (κ1) is 16.8. The van der Waals surface area contributed by atoms with Crippen LogP contribution in [-0.4, -0.2) is 57.8 Å². The van der Waals surface area contributed by atoms with Crippen molar-refractivity contribution in [3.63, 3.8) is 0 Å². The van der Waals surface area contributed by atoms with E-state index < -0.39 is 0 Å². The average molecular weight is 340 g/mol. The van der Waals surface area contributed by atoms with E-state index in [0.29, 0.717) is 38.5 Å². The highest BCUT2D eigenvalue weighted by Gasteiger charge is 2.20. The molecule has 3 heterocycles. The first-order valence-corrected chi connectivity index (χ1v) is 8.14. The minimum absolute atomic E-state index is 0.0886. The van der Waals surface area contributed by atoms with Crippen LogP contribution in [0.5, 0.6) is 0 Å². The molecule has 1 saturated heterocycles. The number of hydrogen-bond acceptors (Lipinski definition) is 6. The molecule has 8 heteroatoms. The third-order valence-electron chi connectivity index (χ3n) is 4.08. The topological polar surface area (TPSA) is 91.3 Å². The van der Waals surface area contributed by atoms with Crippen LogP contribution in [-0.2, 0) is 11.3 Å². The molecule has 2 amide bonds. The maximum Gasteiger partial charge on any atom is 0.271 e. The molecular weight excluding hydrogens is 320 g/mol. The van der Waals surface area contributed by atoms with Gasteiger partial charge in [0.25, 0.3) is 5.91 Å². The monoisotopic (exact) mass is 340 g/mol. The Bertz CT molecular complexity index is 727. The highest BCUT2D eigenvalue weighted by molar-refractivity contribution is 5.91. The molecule has 0 radical (unpaired) electrons. The standard InChI is InChI=1S/C17H20N6O2/c1-13(24)22-6-8-23(9-7-22)16-12-19-15(11-20-16)17(25)21-10-14-4-2-3-5-18-14/h2-5,11-12H,6-10H2,1H3,(H,21,25). The quantitative estimate of drug-likeness (QED) is 0.870. The van der Waals surface area contributed by atoms with Gasteiger partial charge in [-0.1, -0.05) is 6.07 Å². The Morgan fingerprint density at radius 2 is 1.88 bits per heavy atom. The molecular formula is C17H20N6O2. The Kier molecular flexibility index (Phi) is 5.17. The van der Waals surface area contributed by atoms with Gasteiger partial charge in [0.2, 0.25) is 5.91 Å². The van der Waals surface area contributed by atoms with E-state index >= 15 is 0 Å². The van der Waals surface area contributed by atoms with Crippen LogP contribution in [0.25, 0.3) is 0 Å². The molecule has 1 aliphatic heterocycles. The van der Waals surface area contributed by atoms with Crippen molar-refractivity contribution in [2.24, 2.45) is 0 Å². The molecule has 0 saturated carbocycles. The molecule has 2 aromatic heterocycles. The largest absolute Gasteiger partial charge is 0.352 e. The van der Waals surface area contributed by atoms with Crippen LogP contribution in [0.1, 0.15) is 23.1 Å². The number of nitrogens with zero attached hydrogens (tertiary/aromatic N) is 5. The zero-order valence-electron chi connectivity index (χ0n) is 14.1. The molecule has 0 atom stereocenters. The van der Waals surface area contributed by atoms with Gasteiger partial charge in [-0.15, -0.1) is 0 Å². The van der Waals surface area contributed by atoms with Gasteiger partial charge in [-0.3, -0.25) is 14.6 Å². The number of amides is 2. The maximum absolute atomic E-state index is 12.1. The summed E-state index contributed by atoms with van der Waals surface area (Å²) in [5.74, 6) is 0.515. The highest BCUT2D eigenvalue weighted by atomic mass is 16.2. The number of aromatic nitrogens is 3. The summed E-state index contributed by atoms with van der Waals surface area (Å²) in [6, 6.07) is 5.54. The van der Waals surface area contributed by atoms with E-state index in [1.165, 1.54) is 6.20 Å². The fourth-order valence-electron chi connectivity index (χ4n) is 2.62. The molecule has 8 nitrogen and oxygen atoms in total. The first-order chi connectivity index (χ1) is 12.1. The SMILES string of the molecule is CC(=O)N1CCN(c2cnc(C(=O)NCc3ccccn3)cn2)CC1. The average Bonchev–Trinajstić information content (AvgIpc) is 2.67. The maximum atomic E-state index is 12.1. The van der Waals surface area contributed by atoms with E-state index in [0.717, 1.165) is 5.69 Å². The van der Waals surface area contributed by atoms with Gasteiger partial charge in [-0.05, 0) is 12.1 Å². The third kappa shape index (κ3) is 4.28. The molecule has 1 N–H and O–H groups in total. The summed E-state index contributed by atoms with van der Waals surface area (Å²) in [7, 11) is 0. The summed E-state index contributed by atoms with van der Waals surface area (Å²) in [6.07, 6.45) is 4.75. The highest BCUT2D eigenvalue weighted by Crippen LogP contribution is 2.12. The van der Waals surface area contributed by atoms with E-state index in [-0.39, 0.29) is 17.5 Å². The molecule has 0 aliphatic carbocycles. The normalized spacial score (nSPS) is 14.3. The van der Waals surface area contributed by atoms with Crippen molar-refractivity contribution in [2.75, 3.05) is 31.1 Å². The molecule has 25 heavy (non-hydrogen) atoms.